The van der Waals surface area contributed by atoms with Crippen molar-refractivity contribution in [1.29, 1.82) is 0 Å². The summed E-state index contributed by atoms with van der Waals surface area (Å²) >= 11 is 0. The number of hydrogen-bond acceptors (Lipinski definition) is 2. The van der Waals surface area contributed by atoms with Gasteiger partial charge in [0.05, 0.1) is 6.61 Å². The van der Waals surface area contributed by atoms with Crippen molar-refractivity contribution in [2.24, 2.45) is 0 Å². The van der Waals surface area contributed by atoms with Crippen molar-refractivity contribution in [3.63, 3.8) is 0 Å². The zero-order valence-electron chi connectivity index (χ0n) is 24.5. The van der Waals surface area contributed by atoms with Crippen molar-refractivity contribution in [3.8, 4) is 0 Å². The molecule has 0 aromatic rings. The van der Waals surface area contributed by atoms with E-state index in [-0.39, 0.29) is 12.4 Å². The summed E-state index contributed by atoms with van der Waals surface area (Å²) in [5, 5.41) is 0. The van der Waals surface area contributed by atoms with Gasteiger partial charge < -0.3 is 4.74 Å². The first-order chi connectivity index (χ1) is 15.0. The van der Waals surface area contributed by atoms with Crippen LogP contribution >= 0.6 is 0 Å². The van der Waals surface area contributed by atoms with Crippen LogP contribution in [-0.4, -0.2) is 12.6 Å². The normalized spacial score (nSPS) is 22.1. The molecule has 0 fully saturated rings. The van der Waals surface area contributed by atoms with Crippen LogP contribution in [0.3, 0.4) is 0 Å². The Morgan fingerprint density at radius 1 is 1.05 bits per heavy atom. The van der Waals surface area contributed by atoms with Gasteiger partial charge in [-0.15, -0.1) is 0 Å². The van der Waals surface area contributed by atoms with Crippen LogP contribution in [0.15, 0.2) is 24.3 Å². The summed E-state index contributed by atoms with van der Waals surface area (Å²) in [4.78, 5) is 11.2. The van der Waals surface area contributed by atoms with Gasteiger partial charge in [-0.1, -0.05) is 63.2 Å². The van der Waals surface area contributed by atoms with E-state index < -0.39 is 32.3 Å². The molecule has 0 bridgehead atoms. The molecule has 0 aliphatic heterocycles. The number of esters is 1. The van der Waals surface area contributed by atoms with Crippen molar-refractivity contribution in [3.05, 3.63) is 24.3 Å². The highest BCUT2D eigenvalue weighted by Gasteiger charge is 2.00. The van der Waals surface area contributed by atoms with Crippen molar-refractivity contribution < 1.29 is 24.6 Å². The third kappa shape index (κ3) is 17.0. The van der Waals surface area contributed by atoms with E-state index >= 15 is 0 Å². The zero-order chi connectivity index (χ0) is 26.0. The van der Waals surface area contributed by atoms with E-state index in [0.29, 0.717) is 13.0 Å². The number of unbranched alkanes of at least 4 members (excludes halogenated alkanes) is 5. The number of ether oxygens (including phenoxy) is 1. The average Bonchev–Trinajstić information content (AvgIpc) is 2.67. The van der Waals surface area contributed by atoms with E-state index in [1.54, 1.807) is 13.0 Å². The molecule has 0 saturated heterocycles. The Balaban J connectivity index is 4.53. The number of rotatable bonds is 15. The van der Waals surface area contributed by atoms with Gasteiger partial charge in [0, 0.05) is 21.5 Å². The summed E-state index contributed by atoms with van der Waals surface area (Å²) < 4.78 is 88.7. The number of allylic oxidation sites excluding steroid dienone is 4. The second-order valence-electron chi connectivity index (χ2n) is 4.74. The maximum Gasteiger partial charge on any atom is 0.305 e. The fourth-order valence-corrected chi connectivity index (χ4v) is 1.82. The molecule has 0 unspecified atom stereocenters. The molecule has 0 heterocycles. The van der Waals surface area contributed by atoms with Crippen LogP contribution in [0.4, 0.5) is 0 Å². The Morgan fingerprint density at radius 3 is 2.64 bits per heavy atom. The standard InChI is InChI=1S/C20H36O2/c1-3-5-6-7-8-9-10-11-12-13-14-15-16-17-18-19-20(21)22-4-2/h8-9,11-12H,3-7,10,13-19H2,1-2H3/b9-8-,12-11-/i1D3,3D2,5D2,6D2,7D2. The maximum absolute atomic E-state index is 11.2. The van der Waals surface area contributed by atoms with Crippen LogP contribution in [0.5, 0.6) is 0 Å². The Labute approximate surface area is 153 Å². The molecule has 0 rings (SSSR count). The van der Waals surface area contributed by atoms with Crippen molar-refractivity contribution in [1.82, 2.24) is 0 Å². The SMILES string of the molecule is [2H]C([2H])([2H])C([2H])([2H])C([2H])([2H])C([2H])([2H])C([2H])([2H])/C=C\C/C=C\CCCCCCCC(=O)OCC. The van der Waals surface area contributed by atoms with E-state index in [2.05, 4.69) is 0 Å². The van der Waals surface area contributed by atoms with Gasteiger partial charge in [-0.2, -0.15) is 0 Å². The van der Waals surface area contributed by atoms with E-state index in [4.69, 9.17) is 19.8 Å². The smallest absolute Gasteiger partial charge is 0.305 e. The zero-order valence-corrected chi connectivity index (χ0v) is 13.5. The first-order valence-corrected chi connectivity index (χ1v) is 7.94. The van der Waals surface area contributed by atoms with Gasteiger partial charge in [-0.3, -0.25) is 4.79 Å². The largest absolute Gasteiger partial charge is 0.466 e. The van der Waals surface area contributed by atoms with Gasteiger partial charge >= 0.3 is 5.97 Å². The summed E-state index contributed by atoms with van der Waals surface area (Å²) in [6.07, 6.45) is -1.56. The minimum Gasteiger partial charge on any atom is -0.466 e. The van der Waals surface area contributed by atoms with E-state index in [0.717, 1.165) is 44.6 Å². The van der Waals surface area contributed by atoms with Crippen LogP contribution in [0.2, 0.25) is 0 Å². The van der Waals surface area contributed by atoms with Crippen LogP contribution < -0.4 is 0 Å². The van der Waals surface area contributed by atoms with Gasteiger partial charge in [0.1, 0.15) is 0 Å². The van der Waals surface area contributed by atoms with E-state index in [9.17, 15) is 4.79 Å². The first kappa shape index (κ1) is 8.70. The molecule has 22 heavy (non-hydrogen) atoms. The van der Waals surface area contributed by atoms with Gasteiger partial charge in [-0.25, -0.2) is 0 Å². The fourth-order valence-electron chi connectivity index (χ4n) is 1.82. The van der Waals surface area contributed by atoms with Gasteiger partial charge in [0.15, 0.2) is 0 Å². The second kappa shape index (κ2) is 18.0. The number of carbonyl (C=O) groups is 1. The van der Waals surface area contributed by atoms with Crippen molar-refractivity contribution in [2.75, 3.05) is 6.61 Å². The maximum atomic E-state index is 11.2. The summed E-state index contributed by atoms with van der Waals surface area (Å²) in [6.45, 7) is -1.29. The molecule has 0 atom stereocenters. The van der Waals surface area contributed by atoms with Gasteiger partial charge in [0.2, 0.25) is 0 Å². The molecular weight excluding hydrogens is 272 g/mol. The molecule has 0 aromatic heterocycles. The molecule has 0 amide bonds. The second-order valence-corrected chi connectivity index (χ2v) is 4.74. The summed E-state index contributed by atoms with van der Waals surface area (Å²) in [5.41, 5.74) is 0. The molecule has 0 radical (unpaired) electrons. The molecule has 0 aliphatic carbocycles. The molecule has 0 aliphatic rings. The minimum absolute atomic E-state index is 0.168. The summed E-state index contributed by atoms with van der Waals surface area (Å²) in [5.74, 6) is -0.168. The Hall–Kier alpha value is -1.05. The quantitative estimate of drug-likeness (QED) is 0.199. The van der Waals surface area contributed by atoms with E-state index in [1.807, 2.05) is 6.08 Å². The van der Waals surface area contributed by atoms with Crippen LogP contribution in [-0.2, 0) is 9.53 Å². The molecule has 128 valence electrons. The molecule has 0 saturated carbocycles. The lowest BCUT2D eigenvalue weighted by atomic mass is 10.1. The van der Waals surface area contributed by atoms with Crippen molar-refractivity contribution in [2.45, 2.75) is 90.6 Å². The topological polar surface area (TPSA) is 26.3 Å². The summed E-state index contributed by atoms with van der Waals surface area (Å²) in [7, 11) is 0. The lowest BCUT2D eigenvalue weighted by Crippen LogP contribution is -2.03. The highest BCUT2D eigenvalue weighted by molar-refractivity contribution is 5.69. The predicted octanol–water partition coefficient (Wildman–Crippen LogP) is 6.36. The molecule has 0 N–H and O–H groups in total. The molecule has 2 nitrogen and oxygen atoms in total. The minimum atomic E-state index is -3.62. The molecule has 0 aromatic carbocycles. The Morgan fingerprint density at radius 2 is 1.82 bits per heavy atom. The lowest BCUT2D eigenvalue weighted by Gasteiger charge is -2.01. The Bertz CT molecular complexity index is 653. The highest BCUT2D eigenvalue weighted by atomic mass is 16.5. The summed E-state index contributed by atoms with van der Waals surface area (Å²) in [6, 6.07) is 0. The monoisotopic (exact) mass is 319 g/mol. The first-order valence-electron chi connectivity index (χ1n) is 13.4. The fraction of sp³-hybridized carbons (Fsp3) is 0.750. The number of hydrogen-bond donors (Lipinski definition) is 0. The van der Waals surface area contributed by atoms with Gasteiger partial charge in [0.25, 0.3) is 0 Å². The molecule has 0 spiro atoms. The highest BCUT2D eigenvalue weighted by Crippen LogP contribution is 2.08. The number of carbonyl (C=O) groups excluding carboxylic acids is 1. The van der Waals surface area contributed by atoms with Crippen LogP contribution in [0.1, 0.15) is 106 Å². The third-order valence-corrected chi connectivity index (χ3v) is 2.89. The molecule has 2 heteroatoms. The third-order valence-electron chi connectivity index (χ3n) is 2.89. The van der Waals surface area contributed by atoms with Gasteiger partial charge in [-0.05, 0) is 45.4 Å². The molecular formula is C20H36O2. The predicted molar refractivity (Wildman–Crippen MR) is 96.0 cm³/mol. The van der Waals surface area contributed by atoms with Crippen LogP contribution in [0.25, 0.3) is 0 Å². The lowest BCUT2D eigenvalue weighted by molar-refractivity contribution is -0.143. The van der Waals surface area contributed by atoms with E-state index in [1.165, 1.54) is 6.08 Å². The van der Waals surface area contributed by atoms with Crippen LogP contribution in [0, 0.1) is 0 Å². The average molecular weight is 320 g/mol. The van der Waals surface area contributed by atoms with Crippen molar-refractivity contribution >= 4 is 5.97 Å². The Kier molecular flexibility index (Phi) is 7.12.